The number of benzene rings is 2. The van der Waals surface area contributed by atoms with Crippen LogP contribution in [0.25, 0.3) is 44.5 Å². The van der Waals surface area contributed by atoms with Crippen LogP contribution in [0.5, 0.6) is 0 Å². The predicted octanol–water partition coefficient (Wildman–Crippen LogP) is 5.11. The monoisotopic (exact) mass is 418 g/mol. The zero-order valence-electron chi connectivity index (χ0n) is 17.7. The number of fused-ring (bicyclic) bond motifs is 1. The summed E-state index contributed by atoms with van der Waals surface area (Å²) < 4.78 is 0. The van der Waals surface area contributed by atoms with Gasteiger partial charge in [0.2, 0.25) is 5.69 Å². The standard InChI is InChI=1S/C27H23N5/c28-27(11-4-12-27)22-9-7-19(8-10-22)26-23(18-5-2-1-3-6-18)13-20-14-24(21-15-30-31-16-21)29-17-25(20)32-26/h1-3,5-10,13-17H,4,11-12,28H2,(H,30,31)/p+1. The topological polar surface area (TPSA) is 81.7 Å². The molecule has 2 aromatic carbocycles. The van der Waals surface area contributed by atoms with E-state index in [1.54, 1.807) is 0 Å². The summed E-state index contributed by atoms with van der Waals surface area (Å²) in [6, 6.07) is 23.5. The molecule has 0 atom stereocenters. The summed E-state index contributed by atoms with van der Waals surface area (Å²) in [6.07, 6.45) is 8.99. The number of hydrogen-bond acceptors (Lipinski definition) is 3. The van der Waals surface area contributed by atoms with Crippen molar-refractivity contribution in [1.82, 2.24) is 15.2 Å². The lowest BCUT2D eigenvalue weighted by molar-refractivity contribution is -0.362. The summed E-state index contributed by atoms with van der Waals surface area (Å²) in [6.45, 7) is 0. The van der Waals surface area contributed by atoms with E-state index in [9.17, 15) is 0 Å². The van der Waals surface area contributed by atoms with Crippen LogP contribution in [0.2, 0.25) is 0 Å². The molecule has 6 rings (SSSR count). The molecule has 5 aromatic rings. The first-order valence-corrected chi connectivity index (χ1v) is 11.0. The van der Waals surface area contributed by atoms with Crippen molar-refractivity contribution in [3.8, 4) is 33.6 Å². The fourth-order valence-corrected chi connectivity index (χ4v) is 4.55. The van der Waals surface area contributed by atoms with E-state index in [2.05, 4.69) is 75.8 Å². The number of rotatable bonds is 4. The van der Waals surface area contributed by atoms with E-state index in [1.807, 2.05) is 24.7 Å². The number of nitrogens with one attached hydrogen (secondary N) is 2. The Morgan fingerprint density at radius 1 is 0.906 bits per heavy atom. The quantitative estimate of drug-likeness (QED) is 0.425. The molecular formula is C27H24N5+. The molecule has 5 nitrogen and oxygen atoms in total. The van der Waals surface area contributed by atoms with E-state index in [1.165, 1.54) is 12.0 Å². The van der Waals surface area contributed by atoms with Crippen LogP contribution < -0.4 is 10.7 Å². The molecule has 1 fully saturated rings. The van der Waals surface area contributed by atoms with Gasteiger partial charge < -0.3 is 5.73 Å². The molecule has 0 amide bonds. The highest BCUT2D eigenvalue weighted by Crippen LogP contribution is 2.40. The largest absolute Gasteiger partial charge is 0.321 e. The van der Waals surface area contributed by atoms with Gasteiger partial charge in [-0.1, -0.05) is 54.6 Å². The van der Waals surface area contributed by atoms with Gasteiger partial charge in [-0.25, -0.2) is 9.97 Å². The van der Waals surface area contributed by atoms with Crippen LogP contribution in [0.1, 0.15) is 24.8 Å². The Morgan fingerprint density at radius 2 is 1.72 bits per heavy atom. The molecule has 0 saturated heterocycles. The van der Waals surface area contributed by atoms with Gasteiger partial charge in [-0.15, -0.1) is 0 Å². The van der Waals surface area contributed by atoms with E-state index < -0.39 is 0 Å². The second-order valence-electron chi connectivity index (χ2n) is 8.65. The van der Waals surface area contributed by atoms with Gasteiger partial charge in [0.15, 0.2) is 6.20 Å². The molecule has 1 saturated carbocycles. The molecule has 156 valence electrons. The summed E-state index contributed by atoms with van der Waals surface area (Å²) in [5, 5.41) is 8.01. The Morgan fingerprint density at radius 3 is 2.41 bits per heavy atom. The first kappa shape index (κ1) is 18.9. The minimum absolute atomic E-state index is 0.157. The van der Waals surface area contributed by atoms with Gasteiger partial charge in [0, 0.05) is 34.3 Å². The summed E-state index contributed by atoms with van der Waals surface area (Å²) in [5.74, 6) is 0. The summed E-state index contributed by atoms with van der Waals surface area (Å²) in [4.78, 5) is 8.44. The number of aromatic amines is 2. The van der Waals surface area contributed by atoms with Crippen molar-refractivity contribution >= 4 is 10.9 Å². The Balaban J connectivity index is 1.51. The van der Waals surface area contributed by atoms with Gasteiger partial charge in [-0.3, -0.25) is 5.10 Å². The average Bonchev–Trinajstić information content (AvgIpc) is 3.37. The fraction of sp³-hybridized carbons (Fsp3) is 0.148. The summed E-state index contributed by atoms with van der Waals surface area (Å²) in [5.41, 5.74) is 14.9. The maximum absolute atomic E-state index is 6.54. The number of aromatic nitrogens is 4. The maximum atomic E-state index is 6.54. The summed E-state index contributed by atoms with van der Waals surface area (Å²) in [7, 11) is 0. The Kier molecular flexibility index (Phi) is 4.37. The fourth-order valence-electron chi connectivity index (χ4n) is 4.55. The lowest BCUT2D eigenvalue weighted by Crippen LogP contribution is -2.43. The molecule has 1 aliphatic carbocycles. The molecule has 32 heavy (non-hydrogen) atoms. The van der Waals surface area contributed by atoms with Crippen LogP contribution in [-0.4, -0.2) is 15.2 Å². The first-order valence-electron chi connectivity index (χ1n) is 11.0. The van der Waals surface area contributed by atoms with Gasteiger partial charge >= 0.3 is 0 Å². The van der Waals surface area contributed by atoms with Crippen LogP contribution in [0.15, 0.2) is 85.3 Å². The molecule has 0 unspecified atom stereocenters. The van der Waals surface area contributed by atoms with E-state index in [4.69, 9.17) is 10.7 Å². The van der Waals surface area contributed by atoms with Crippen molar-refractivity contribution in [1.29, 1.82) is 0 Å². The van der Waals surface area contributed by atoms with Gasteiger partial charge in [-0.05, 0) is 36.5 Å². The molecular weight excluding hydrogens is 394 g/mol. The van der Waals surface area contributed by atoms with Crippen molar-refractivity contribution in [2.75, 3.05) is 0 Å². The van der Waals surface area contributed by atoms with Crippen LogP contribution in [0, 0.1) is 0 Å². The zero-order chi connectivity index (χ0) is 21.5. The number of pyridine rings is 2. The number of nitrogens with two attached hydrogens (primary N) is 1. The van der Waals surface area contributed by atoms with Crippen molar-refractivity contribution in [3.63, 3.8) is 0 Å². The third-order valence-corrected chi connectivity index (χ3v) is 6.62. The Hall–Kier alpha value is -3.83. The van der Waals surface area contributed by atoms with E-state index in [0.29, 0.717) is 0 Å². The molecule has 5 heteroatoms. The normalized spacial score (nSPS) is 14.9. The highest BCUT2D eigenvalue weighted by molar-refractivity contribution is 5.92. The van der Waals surface area contributed by atoms with Crippen molar-refractivity contribution in [2.45, 2.75) is 24.8 Å². The minimum Gasteiger partial charge on any atom is -0.321 e. The second kappa shape index (κ2) is 7.39. The van der Waals surface area contributed by atoms with E-state index >= 15 is 0 Å². The van der Waals surface area contributed by atoms with Crippen molar-refractivity contribution in [3.05, 3.63) is 90.9 Å². The number of hydrogen-bond donors (Lipinski definition) is 2. The molecule has 3 aromatic heterocycles. The molecule has 1 aliphatic rings. The highest BCUT2D eigenvalue weighted by Gasteiger charge is 2.34. The smallest absolute Gasteiger partial charge is 0.214 e. The lowest BCUT2D eigenvalue weighted by atomic mass is 9.72. The van der Waals surface area contributed by atoms with Crippen LogP contribution in [0.3, 0.4) is 0 Å². The number of H-pyrrole nitrogens is 2. The summed E-state index contributed by atoms with van der Waals surface area (Å²) >= 11 is 0. The van der Waals surface area contributed by atoms with Crippen LogP contribution in [0.4, 0.5) is 0 Å². The van der Waals surface area contributed by atoms with Gasteiger partial charge in [-0.2, -0.15) is 5.10 Å². The van der Waals surface area contributed by atoms with E-state index in [0.717, 1.165) is 57.4 Å². The third-order valence-electron chi connectivity index (χ3n) is 6.62. The minimum atomic E-state index is -0.157. The molecule has 0 radical (unpaired) electrons. The maximum Gasteiger partial charge on any atom is 0.214 e. The van der Waals surface area contributed by atoms with Crippen molar-refractivity contribution < 1.29 is 4.98 Å². The Labute approximate surface area is 186 Å². The third kappa shape index (κ3) is 3.18. The lowest BCUT2D eigenvalue weighted by Gasteiger charge is -2.38. The average molecular weight is 419 g/mol. The second-order valence-corrected chi connectivity index (χ2v) is 8.65. The van der Waals surface area contributed by atoms with E-state index in [-0.39, 0.29) is 5.54 Å². The van der Waals surface area contributed by atoms with Gasteiger partial charge in [0.05, 0.1) is 17.5 Å². The van der Waals surface area contributed by atoms with Crippen molar-refractivity contribution in [2.24, 2.45) is 5.73 Å². The first-order chi connectivity index (χ1) is 15.7. The van der Waals surface area contributed by atoms with Crippen LogP contribution >= 0.6 is 0 Å². The Bertz CT molecular complexity index is 1390. The predicted molar refractivity (Wildman–Crippen MR) is 126 cm³/mol. The molecule has 3 heterocycles. The highest BCUT2D eigenvalue weighted by atomic mass is 15.1. The molecule has 0 bridgehead atoms. The molecule has 0 spiro atoms. The van der Waals surface area contributed by atoms with Gasteiger partial charge in [0.1, 0.15) is 5.52 Å². The van der Waals surface area contributed by atoms with Gasteiger partial charge in [0.25, 0.3) is 0 Å². The number of nitrogens with zero attached hydrogens (tertiary/aromatic N) is 2. The molecule has 4 N–H and O–H groups in total. The zero-order valence-corrected chi connectivity index (χ0v) is 17.7. The SMILES string of the molecule is NC1(c2ccc(-c3nc4c[nH+]c(-c5cn[nH]c5)cc4cc3-c3ccccc3)cc2)CCC1. The van der Waals surface area contributed by atoms with Crippen LogP contribution in [-0.2, 0) is 5.54 Å². The molecule has 0 aliphatic heterocycles.